The molecule has 0 saturated carbocycles. The Hall–Kier alpha value is -3.30. The smallest absolute Gasteiger partial charge is 0.290 e. The molecule has 33 heavy (non-hydrogen) atoms. The zero-order valence-corrected chi connectivity index (χ0v) is 18.9. The minimum Gasteiger partial charge on any atom is -0.367 e. The predicted molar refractivity (Wildman–Crippen MR) is 128 cm³/mol. The van der Waals surface area contributed by atoms with Gasteiger partial charge in [-0.15, -0.1) is 0 Å². The van der Waals surface area contributed by atoms with Crippen molar-refractivity contribution in [1.29, 1.82) is 0 Å². The van der Waals surface area contributed by atoms with E-state index in [1.807, 2.05) is 30.3 Å². The fourth-order valence-electron chi connectivity index (χ4n) is 4.18. The summed E-state index contributed by atoms with van der Waals surface area (Å²) in [5.41, 5.74) is 3.32. The molecule has 2 aliphatic heterocycles. The lowest BCUT2D eigenvalue weighted by Crippen LogP contribution is -2.46. The number of hydrogen-bond acceptors (Lipinski definition) is 7. The minimum atomic E-state index is -0.410. The Morgan fingerprint density at radius 2 is 1.91 bits per heavy atom. The van der Waals surface area contributed by atoms with Crippen molar-refractivity contribution in [2.45, 2.75) is 6.92 Å². The molecule has 2 fully saturated rings. The third-order valence-corrected chi connectivity index (χ3v) is 6.79. The molecule has 2 aromatic carbocycles. The average molecular weight is 464 g/mol. The van der Waals surface area contributed by atoms with Crippen molar-refractivity contribution < 1.29 is 14.0 Å². The van der Waals surface area contributed by atoms with Crippen molar-refractivity contribution in [2.75, 3.05) is 37.6 Å². The third kappa shape index (κ3) is 4.34. The van der Waals surface area contributed by atoms with Crippen LogP contribution in [-0.2, 0) is 4.79 Å². The molecular weight excluding hydrogens is 441 g/mol. The molecule has 2 aliphatic rings. The molecule has 0 radical (unpaired) electrons. The van der Waals surface area contributed by atoms with Crippen LogP contribution in [0.2, 0.25) is 0 Å². The number of hydrogen-bond donors (Lipinski definition) is 1. The topological polar surface area (TPSA) is 78.4 Å². The summed E-state index contributed by atoms with van der Waals surface area (Å²) in [7, 11) is 0. The zero-order chi connectivity index (χ0) is 22.9. The van der Waals surface area contributed by atoms with E-state index in [0.717, 1.165) is 55.4 Å². The first-order valence-corrected chi connectivity index (χ1v) is 11.6. The van der Waals surface area contributed by atoms with Crippen molar-refractivity contribution >= 4 is 45.6 Å². The number of fused-ring (bicyclic) bond motifs is 1. The molecule has 168 valence electrons. The highest BCUT2D eigenvalue weighted by atomic mass is 32.2. The van der Waals surface area contributed by atoms with Gasteiger partial charge in [-0.3, -0.25) is 14.9 Å². The number of thioether (sulfide) groups is 1. The van der Waals surface area contributed by atoms with Gasteiger partial charge in [-0.25, -0.2) is 14.4 Å². The Kier molecular flexibility index (Phi) is 5.82. The third-order valence-electron chi connectivity index (χ3n) is 5.98. The molecule has 2 amide bonds. The molecule has 0 bridgehead atoms. The van der Waals surface area contributed by atoms with E-state index in [2.05, 4.69) is 32.0 Å². The maximum absolute atomic E-state index is 15.1. The highest BCUT2D eigenvalue weighted by Gasteiger charge is 2.25. The van der Waals surface area contributed by atoms with Crippen LogP contribution in [0.4, 0.5) is 14.9 Å². The molecule has 0 spiro atoms. The summed E-state index contributed by atoms with van der Waals surface area (Å²) in [6, 6.07) is 10.7. The fraction of sp³-hybridized carbons (Fsp3) is 0.250. The van der Waals surface area contributed by atoms with Crippen LogP contribution >= 0.6 is 11.8 Å². The molecule has 2 saturated heterocycles. The largest absolute Gasteiger partial charge is 0.367 e. The van der Waals surface area contributed by atoms with E-state index in [0.29, 0.717) is 27.4 Å². The molecule has 1 aromatic heterocycles. The molecule has 0 unspecified atom stereocenters. The zero-order valence-electron chi connectivity index (χ0n) is 18.0. The number of anilines is 1. The number of benzene rings is 2. The number of carbonyl (C=O) groups is 2. The summed E-state index contributed by atoms with van der Waals surface area (Å²) in [5, 5.41) is 2.60. The second-order valence-corrected chi connectivity index (χ2v) is 8.95. The molecular formula is C24H22FN5O2S. The van der Waals surface area contributed by atoms with Gasteiger partial charge in [0, 0.05) is 37.1 Å². The van der Waals surface area contributed by atoms with Gasteiger partial charge < -0.3 is 9.80 Å². The van der Waals surface area contributed by atoms with Gasteiger partial charge in [-0.2, -0.15) is 0 Å². The van der Waals surface area contributed by atoms with Gasteiger partial charge in [-0.05, 0) is 54.2 Å². The van der Waals surface area contributed by atoms with Crippen LogP contribution in [0.15, 0.2) is 47.6 Å². The second kappa shape index (κ2) is 8.92. The van der Waals surface area contributed by atoms with E-state index in [1.54, 1.807) is 6.08 Å². The molecule has 9 heteroatoms. The number of nitrogens with zero attached hydrogens (tertiary/aromatic N) is 4. The van der Waals surface area contributed by atoms with Crippen molar-refractivity contribution in [3.63, 3.8) is 0 Å². The van der Waals surface area contributed by atoms with Gasteiger partial charge in [0.05, 0.1) is 21.8 Å². The second-order valence-electron chi connectivity index (χ2n) is 7.94. The normalized spacial score (nSPS) is 18.4. The van der Waals surface area contributed by atoms with Gasteiger partial charge in [0.1, 0.15) is 12.1 Å². The standard InChI is InChI=1S/C24H22FN5O2S/c1-2-29-7-9-30(10-8-29)20-6-4-16(13-18(20)25)22-17-11-15(3-5-19(17)26-14-27-22)12-21-23(31)28-24(32)33-21/h3-6,11-14H,2,7-10H2,1H3,(H,28,31,32). The van der Waals surface area contributed by atoms with Crippen LogP contribution in [0.5, 0.6) is 0 Å². The summed E-state index contributed by atoms with van der Waals surface area (Å²) < 4.78 is 15.1. The lowest BCUT2D eigenvalue weighted by molar-refractivity contribution is -0.115. The van der Waals surface area contributed by atoms with Crippen LogP contribution in [0.25, 0.3) is 28.2 Å². The number of amides is 2. The molecule has 0 atom stereocenters. The van der Waals surface area contributed by atoms with Crippen molar-refractivity contribution in [3.8, 4) is 11.3 Å². The van der Waals surface area contributed by atoms with Crippen LogP contribution in [-0.4, -0.2) is 58.7 Å². The van der Waals surface area contributed by atoms with Crippen molar-refractivity contribution in [2.24, 2.45) is 0 Å². The molecule has 5 rings (SSSR count). The Morgan fingerprint density at radius 1 is 1.09 bits per heavy atom. The first kappa shape index (κ1) is 21.5. The number of aromatic nitrogens is 2. The number of imide groups is 1. The quantitative estimate of drug-likeness (QED) is 0.588. The van der Waals surface area contributed by atoms with Gasteiger partial charge in [-0.1, -0.05) is 19.1 Å². The van der Waals surface area contributed by atoms with Crippen LogP contribution in [0.1, 0.15) is 12.5 Å². The van der Waals surface area contributed by atoms with E-state index in [4.69, 9.17) is 0 Å². The van der Waals surface area contributed by atoms with E-state index < -0.39 is 5.91 Å². The maximum Gasteiger partial charge on any atom is 0.290 e. The SMILES string of the molecule is CCN1CCN(c2ccc(-c3ncnc4ccc(C=C5SC(=O)NC5=O)cc34)cc2F)CC1. The number of rotatable bonds is 4. The Morgan fingerprint density at radius 3 is 2.61 bits per heavy atom. The molecule has 3 aromatic rings. The van der Waals surface area contributed by atoms with Crippen LogP contribution in [0.3, 0.4) is 0 Å². The van der Waals surface area contributed by atoms with E-state index in [1.165, 1.54) is 12.4 Å². The lowest BCUT2D eigenvalue weighted by Gasteiger charge is -2.35. The predicted octanol–water partition coefficient (Wildman–Crippen LogP) is 3.90. The Balaban J connectivity index is 1.48. The maximum atomic E-state index is 15.1. The summed E-state index contributed by atoms with van der Waals surface area (Å²) >= 11 is 0.866. The Bertz CT molecular complexity index is 1290. The average Bonchev–Trinajstić information content (AvgIpc) is 3.15. The first-order chi connectivity index (χ1) is 16.0. The van der Waals surface area contributed by atoms with Gasteiger partial charge >= 0.3 is 0 Å². The highest BCUT2D eigenvalue weighted by Crippen LogP contribution is 2.32. The highest BCUT2D eigenvalue weighted by molar-refractivity contribution is 8.18. The Labute approximate surface area is 194 Å². The fourth-order valence-corrected chi connectivity index (χ4v) is 4.86. The molecule has 1 N–H and O–H groups in total. The van der Waals surface area contributed by atoms with E-state index >= 15 is 4.39 Å². The number of halogens is 1. The summed E-state index contributed by atoms with van der Waals surface area (Å²) in [4.78, 5) is 36.8. The number of nitrogens with one attached hydrogen (secondary N) is 1. The van der Waals surface area contributed by atoms with Crippen molar-refractivity contribution in [1.82, 2.24) is 20.2 Å². The van der Waals surface area contributed by atoms with Crippen LogP contribution < -0.4 is 10.2 Å². The molecule has 0 aliphatic carbocycles. The molecule has 3 heterocycles. The molecule has 7 nitrogen and oxygen atoms in total. The summed E-state index contributed by atoms with van der Waals surface area (Å²) in [5.74, 6) is -0.688. The summed E-state index contributed by atoms with van der Waals surface area (Å²) in [6.45, 7) is 6.59. The lowest BCUT2D eigenvalue weighted by atomic mass is 10.0. The van der Waals surface area contributed by atoms with Gasteiger partial charge in [0.2, 0.25) is 0 Å². The van der Waals surface area contributed by atoms with Gasteiger partial charge in [0.15, 0.2) is 0 Å². The number of likely N-dealkylation sites (N-methyl/N-ethyl adjacent to an activating group) is 1. The monoisotopic (exact) mass is 463 g/mol. The van der Waals surface area contributed by atoms with Crippen LogP contribution in [0, 0.1) is 5.82 Å². The minimum absolute atomic E-state index is 0.278. The number of carbonyl (C=O) groups excluding carboxylic acids is 2. The van der Waals surface area contributed by atoms with Crippen molar-refractivity contribution in [3.05, 3.63) is 59.0 Å². The van der Waals surface area contributed by atoms with Gasteiger partial charge in [0.25, 0.3) is 11.1 Å². The van der Waals surface area contributed by atoms with E-state index in [-0.39, 0.29) is 11.1 Å². The first-order valence-electron chi connectivity index (χ1n) is 10.8. The summed E-state index contributed by atoms with van der Waals surface area (Å²) in [6.07, 6.45) is 3.12. The number of piperazine rings is 1. The van der Waals surface area contributed by atoms with E-state index in [9.17, 15) is 9.59 Å².